The van der Waals surface area contributed by atoms with Gasteiger partial charge in [-0.25, -0.2) is 0 Å². The molecule has 0 aromatic carbocycles. The molecule has 0 bridgehead atoms. The standard InChI is InChI=1S/Hg.7Sn. The molecule has 8 heteroatoms. The average Bonchev–Trinajstić information content (AvgIpc) is 0. The van der Waals surface area contributed by atoms with Crippen molar-refractivity contribution in [2.45, 2.75) is 0 Å². The molecule has 0 rings (SSSR count). The Kier molecular flexibility index (Phi) is 389. The van der Waals surface area contributed by atoms with E-state index in [0.717, 1.165) is 0 Å². The first-order valence-corrected chi connectivity index (χ1v) is 0. The Hall–Kier alpha value is 6.53. The second kappa shape index (κ2) is 49.8. The Bertz CT molecular complexity index is 4.35. The van der Waals surface area contributed by atoms with Crippen molar-refractivity contribution in [1.82, 2.24) is 0 Å². The zero-order valence-electron chi connectivity index (χ0n) is 4.21. The van der Waals surface area contributed by atoms with Crippen LogP contribution in [-0.2, 0) is 27.7 Å². The van der Waals surface area contributed by atoms with Gasteiger partial charge in [0.05, 0.1) is 0 Å². The SMILES string of the molecule is [Hg].[Sn].[Sn].[Sn].[Sn].[Sn].[Sn].[Sn]. The van der Waals surface area contributed by atoms with Crippen LogP contribution in [0.5, 0.6) is 0 Å². The maximum Gasteiger partial charge on any atom is 0 e. The molecule has 0 N–H and O–H groups in total. The average molecular weight is 1030 g/mol. The van der Waals surface area contributed by atoms with Gasteiger partial charge in [-0.05, 0) is 0 Å². The Morgan fingerprint density at radius 1 is 0.250 bits per heavy atom. The zero-order valence-corrected chi connectivity index (χ0v) is 29.7. The molecule has 0 amide bonds. The molecule has 0 unspecified atom stereocenters. The van der Waals surface area contributed by atoms with E-state index in [4.69, 9.17) is 0 Å². The monoisotopic (exact) mass is 1040 g/mol. The number of hydrogen-bond acceptors (Lipinski definition) is 0. The molecule has 0 aromatic heterocycles. The minimum absolute atomic E-state index is 0. The van der Waals surface area contributed by atoms with Crippen LogP contribution in [-0.4, -0.2) is 167 Å². The molecule has 28 radical (unpaired) electrons. The predicted molar refractivity (Wildman–Crippen MR) is 40.3 cm³/mol. The molecule has 0 spiro atoms. The number of hydrogen-bond donors (Lipinski definition) is 0. The molecule has 0 atom stereocenters. The van der Waals surface area contributed by atoms with E-state index in [2.05, 4.69) is 0 Å². The molecule has 0 heterocycles. The minimum Gasteiger partial charge on any atom is 0 e. The summed E-state index contributed by atoms with van der Waals surface area (Å²) in [6.07, 6.45) is 0. The molecule has 0 aliphatic heterocycles. The fourth-order valence-corrected chi connectivity index (χ4v) is 0. The molecule has 0 aliphatic carbocycles. The van der Waals surface area contributed by atoms with E-state index in [9.17, 15) is 0 Å². The quantitative estimate of drug-likeness (QED) is 0.233. The third kappa shape index (κ3) is 39.1. The summed E-state index contributed by atoms with van der Waals surface area (Å²) >= 11 is 0. The summed E-state index contributed by atoms with van der Waals surface area (Å²) in [7, 11) is 0. The summed E-state index contributed by atoms with van der Waals surface area (Å²) in [5.41, 5.74) is 0. The summed E-state index contributed by atoms with van der Waals surface area (Å²) in [5, 5.41) is 0. The van der Waals surface area contributed by atoms with E-state index in [1.807, 2.05) is 0 Å². The summed E-state index contributed by atoms with van der Waals surface area (Å²) in [4.78, 5) is 0. The molecule has 8 heavy (non-hydrogen) atoms. The van der Waals surface area contributed by atoms with Gasteiger partial charge in [0, 0.05) is 195 Å². The van der Waals surface area contributed by atoms with Crippen LogP contribution >= 0.6 is 0 Å². The summed E-state index contributed by atoms with van der Waals surface area (Å²) in [6.45, 7) is 0. The van der Waals surface area contributed by atoms with E-state index >= 15 is 0 Å². The predicted octanol–water partition coefficient (Wildman–Crippen LogP) is -2.67. The third-order valence-corrected chi connectivity index (χ3v) is 0. The second-order valence-electron chi connectivity index (χ2n) is 0. The van der Waals surface area contributed by atoms with Crippen molar-refractivity contribution < 1.29 is 27.7 Å². The largest absolute Gasteiger partial charge is 0 e. The van der Waals surface area contributed by atoms with Crippen LogP contribution in [0.1, 0.15) is 0 Å². The molecule has 0 fully saturated rings. The van der Waals surface area contributed by atoms with Crippen molar-refractivity contribution in [3.63, 3.8) is 0 Å². The van der Waals surface area contributed by atoms with Crippen molar-refractivity contribution in [2.75, 3.05) is 0 Å². The first-order valence-electron chi connectivity index (χ1n) is 0. The molecule has 0 saturated carbocycles. The van der Waals surface area contributed by atoms with E-state index in [1.165, 1.54) is 0 Å². The van der Waals surface area contributed by atoms with E-state index in [-0.39, 0.29) is 195 Å². The van der Waals surface area contributed by atoms with E-state index in [1.54, 1.807) is 0 Å². The first kappa shape index (κ1) is 62.4. The summed E-state index contributed by atoms with van der Waals surface area (Å²) in [6, 6.07) is 0. The molecule has 0 aromatic rings. The van der Waals surface area contributed by atoms with Gasteiger partial charge in [0.15, 0.2) is 0 Å². The fourth-order valence-electron chi connectivity index (χ4n) is 0. The minimum atomic E-state index is 0. The van der Waals surface area contributed by atoms with Gasteiger partial charge in [0.1, 0.15) is 0 Å². The van der Waals surface area contributed by atoms with Crippen LogP contribution < -0.4 is 0 Å². The van der Waals surface area contributed by atoms with Crippen molar-refractivity contribution in [3.05, 3.63) is 0 Å². The summed E-state index contributed by atoms with van der Waals surface area (Å²) in [5.74, 6) is 0. The van der Waals surface area contributed by atoms with E-state index in [0.29, 0.717) is 0 Å². The van der Waals surface area contributed by atoms with Gasteiger partial charge in [0.2, 0.25) is 0 Å². The maximum atomic E-state index is 0. The van der Waals surface area contributed by atoms with Crippen molar-refractivity contribution >= 4 is 167 Å². The number of rotatable bonds is 0. The van der Waals surface area contributed by atoms with Gasteiger partial charge in [-0.15, -0.1) is 0 Å². The van der Waals surface area contributed by atoms with Crippen LogP contribution in [0.15, 0.2) is 0 Å². The zero-order chi connectivity index (χ0) is 0. The van der Waals surface area contributed by atoms with Crippen molar-refractivity contribution in [1.29, 1.82) is 0 Å². The molecule has 0 aliphatic rings. The van der Waals surface area contributed by atoms with Gasteiger partial charge in [-0.1, -0.05) is 0 Å². The Morgan fingerprint density at radius 3 is 0.250 bits per heavy atom. The van der Waals surface area contributed by atoms with Gasteiger partial charge in [0.25, 0.3) is 0 Å². The van der Waals surface area contributed by atoms with Crippen molar-refractivity contribution in [3.8, 4) is 0 Å². The van der Waals surface area contributed by atoms with Crippen LogP contribution in [0, 0.1) is 0 Å². The van der Waals surface area contributed by atoms with Crippen LogP contribution in [0.3, 0.4) is 0 Å². The van der Waals surface area contributed by atoms with E-state index < -0.39 is 0 Å². The van der Waals surface area contributed by atoms with Gasteiger partial charge < -0.3 is 0 Å². The topological polar surface area (TPSA) is 0 Å². The Morgan fingerprint density at radius 2 is 0.250 bits per heavy atom. The fraction of sp³-hybridized carbons (Fsp3) is 0. The van der Waals surface area contributed by atoms with Gasteiger partial charge in [-0.2, -0.15) is 0 Å². The normalized spacial score (nSPS) is 0. The van der Waals surface area contributed by atoms with Crippen molar-refractivity contribution in [2.24, 2.45) is 0 Å². The Labute approximate surface area is 190 Å². The Balaban J connectivity index is 0. The first-order chi connectivity index (χ1) is 0. The molecule has 30 valence electrons. The van der Waals surface area contributed by atoms with Crippen LogP contribution in [0.4, 0.5) is 0 Å². The van der Waals surface area contributed by atoms with Gasteiger partial charge >= 0.3 is 0 Å². The van der Waals surface area contributed by atoms with Crippen LogP contribution in [0.2, 0.25) is 0 Å². The molecule has 0 nitrogen and oxygen atoms in total. The second-order valence-corrected chi connectivity index (χ2v) is 0. The summed E-state index contributed by atoms with van der Waals surface area (Å²) < 4.78 is 0. The third-order valence-electron chi connectivity index (χ3n) is 0. The van der Waals surface area contributed by atoms with Crippen LogP contribution in [0.25, 0.3) is 0 Å². The molecular formula is HgSn7. The maximum absolute atomic E-state index is 0. The smallest absolute Gasteiger partial charge is 0 e. The molecular weight excluding hydrogens is 1030 g/mol. The van der Waals surface area contributed by atoms with Gasteiger partial charge in [-0.3, -0.25) is 0 Å². The molecule has 0 saturated heterocycles.